The van der Waals surface area contributed by atoms with Crippen molar-refractivity contribution in [1.29, 1.82) is 0 Å². The van der Waals surface area contributed by atoms with Crippen molar-refractivity contribution >= 4 is 39.2 Å². The van der Waals surface area contributed by atoms with E-state index in [9.17, 15) is 22.4 Å². The maximum Gasteiger partial charge on any atom is 0.321 e. The van der Waals surface area contributed by atoms with Crippen LogP contribution in [0, 0.1) is 5.82 Å². The summed E-state index contributed by atoms with van der Waals surface area (Å²) < 4.78 is 41.2. The van der Waals surface area contributed by atoms with Gasteiger partial charge in [0.2, 0.25) is 15.9 Å². The summed E-state index contributed by atoms with van der Waals surface area (Å²) in [7, 11) is -4.05. The number of nitrogens with one attached hydrogen (secondary N) is 2. The van der Waals surface area contributed by atoms with Gasteiger partial charge in [0, 0.05) is 36.9 Å². The molecule has 3 amide bonds. The fourth-order valence-electron chi connectivity index (χ4n) is 3.83. The van der Waals surface area contributed by atoms with Crippen LogP contribution < -0.4 is 10.6 Å². The monoisotopic (exact) mass is 530 g/mol. The molecule has 1 unspecified atom stereocenters. The van der Waals surface area contributed by atoms with E-state index in [-0.39, 0.29) is 31.1 Å². The third kappa shape index (κ3) is 6.01. The first-order valence-corrected chi connectivity index (χ1v) is 13.0. The molecule has 0 radical (unpaired) electrons. The third-order valence-corrected chi connectivity index (χ3v) is 7.92. The molecule has 11 heteroatoms. The van der Waals surface area contributed by atoms with Crippen molar-refractivity contribution < 1.29 is 22.4 Å². The van der Waals surface area contributed by atoms with E-state index in [0.29, 0.717) is 10.7 Å². The SMILES string of the molecule is O=C(NCc1ccccc1)C1CN(C(=O)Nc2ccc(F)cc2)CCN1S(=O)(=O)c1ccc(Cl)cc1. The van der Waals surface area contributed by atoms with Crippen LogP contribution in [-0.4, -0.2) is 55.2 Å². The molecule has 0 aliphatic carbocycles. The van der Waals surface area contributed by atoms with Crippen LogP contribution in [0.15, 0.2) is 83.8 Å². The molecule has 0 bridgehead atoms. The van der Waals surface area contributed by atoms with Gasteiger partial charge in [0.1, 0.15) is 11.9 Å². The molecule has 1 saturated heterocycles. The molecule has 2 N–H and O–H groups in total. The van der Waals surface area contributed by atoms with Crippen molar-refractivity contribution in [3.8, 4) is 0 Å². The normalized spacial score (nSPS) is 16.4. The number of nitrogens with zero attached hydrogens (tertiary/aromatic N) is 2. The molecule has 1 aliphatic rings. The van der Waals surface area contributed by atoms with Gasteiger partial charge in [-0.05, 0) is 54.1 Å². The number of carbonyl (C=O) groups is 2. The van der Waals surface area contributed by atoms with E-state index in [4.69, 9.17) is 11.6 Å². The predicted molar refractivity (Wildman–Crippen MR) is 134 cm³/mol. The molecule has 1 aliphatic heterocycles. The Hall–Kier alpha value is -3.47. The van der Waals surface area contributed by atoms with Crippen molar-refractivity contribution in [2.24, 2.45) is 0 Å². The molecule has 0 aromatic heterocycles. The van der Waals surface area contributed by atoms with Crippen LogP contribution in [0.2, 0.25) is 5.02 Å². The summed E-state index contributed by atoms with van der Waals surface area (Å²) in [4.78, 5) is 27.5. The Balaban J connectivity index is 1.55. The molecule has 188 valence electrons. The Morgan fingerprint density at radius 2 is 1.61 bits per heavy atom. The standard InChI is InChI=1S/C25H24ClFN4O4S/c26-19-6-12-22(13-7-19)36(34,35)31-15-14-30(25(33)29-21-10-8-20(27)9-11-21)17-23(31)24(32)28-16-18-4-2-1-3-5-18/h1-13,23H,14-17H2,(H,28,32)(H,29,33). The van der Waals surface area contributed by atoms with Crippen molar-refractivity contribution in [2.75, 3.05) is 25.0 Å². The number of anilines is 1. The van der Waals surface area contributed by atoms with Gasteiger partial charge < -0.3 is 15.5 Å². The fraction of sp³-hybridized carbons (Fsp3) is 0.200. The van der Waals surface area contributed by atoms with Crippen LogP contribution in [0.3, 0.4) is 0 Å². The lowest BCUT2D eigenvalue weighted by molar-refractivity contribution is -0.126. The van der Waals surface area contributed by atoms with Crippen LogP contribution in [0.5, 0.6) is 0 Å². The second kappa shape index (κ2) is 11.1. The van der Waals surface area contributed by atoms with Gasteiger partial charge in [-0.15, -0.1) is 0 Å². The van der Waals surface area contributed by atoms with E-state index in [1.54, 1.807) is 0 Å². The lowest BCUT2D eigenvalue weighted by Crippen LogP contribution is -2.61. The third-order valence-electron chi connectivity index (χ3n) is 5.75. The van der Waals surface area contributed by atoms with E-state index >= 15 is 0 Å². The Labute approximate surface area is 213 Å². The molecular formula is C25H24ClFN4O4S. The topological polar surface area (TPSA) is 98.8 Å². The van der Waals surface area contributed by atoms with Crippen LogP contribution in [0.25, 0.3) is 0 Å². The second-order valence-electron chi connectivity index (χ2n) is 8.17. The summed E-state index contributed by atoms with van der Waals surface area (Å²) in [6.07, 6.45) is 0. The zero-order valence-electron chi connectivity index (χ0n) is 19.1. The highest BCUT2D eigenvalue weighted by Crippen LogP contribution is 2.24. The molecule has 0 saturated carbocycles. The van der Waals surface area contributed by atoms with E-state index in [1.807, 2.05) is 30.3 Å². The molecule has 1 heterocycles. The average Bonchev–Trinajstić information content (AvgIpc) is 2.89. The van der Waals surface area contributed by atoms with Crippen LogP contribution >= 0.6 is 11.6 Å². The van der Waals surface area contributed by atoms with Crippen LogP contribution in [0.4, 0.5) is 14.9 Å². The molecular weight excluding hydrogens is 507 g/mol. The van der Waals surface area contributed by atoms with Crippen molar-refractivity contribution in [1.82, 2.24) is 14.5 Å². The minimum Gasteiger partial charge on any atom is -0.351 e. The summed E-state index contributed by atoms with van der Waals surface area (Å²) in [5.74, 6) is -0.972. The first-order valence-electron chi connectivity index (χ1n) is 11.1. The molecule has 4 rings (SSSR count). The van der Waals surface area contributed by atoms with E-state index in [2.05, 4.69) is 10.6 Å². The Morgan fingerprint density at radius 3 is 2.28 bits per heavy atom. The molecule has 3 aromatic carbocycles. The maximum atomic E-state index is 13.4. The zero-order chi connectivity index (χ0) is 25.7. The number of amides is 3. The number of benzene rings is 3. The highest BCUT2D eigenvalue weighted by atomic mass is 35.5. The minimum absolute atomic E-state index is 0.00280. The van der Waals surface area contributed by atoms with Gasteiger partial charge in [0.15, 0.2) is 0 Å². The Bertz CT molecular complexity index is 1320. The first kappa shape index (κ1) is 25.6. The van der Waals surface area contributed by atoms with Crippen molar-refractivity contribution in [3.05, 3.63) is 95.3 Å². The maximum absolute atomic E-state index is 13.4. The van der Waals surface area contributed by atoms with Gasteiger partial charge in [0.05, 0.1) is 4.90 Å². The molecule has 3 aromatic rings. The highest BCUT2D eigenvalue weighted by Gasteiger charge is 2.41. The summed E-state index contributed by atoms with van der Waals surface area (Å²) in [5.41, 5.74) is 1.22. The number of sulfonamides is 1. The van der Waals surface area contributed by atoms with E-state index in [1.165, 1.54) is 53.4 Å². The zero-order valence-corrected chi connectivity index (χ0v) is 20.7. The molecule has 1 fully saturated rings. The second-order valence-corrected chi connectivity index (χ2v) is 10.5. The van der Waals surface area contributed by atoms with Crippen LogP contribution in [-0.2, 0) is 21.4 Å². The summed E-state index contributed by atoms with van der Waals surface area (Å²) in [5, 5.41) is 5.82. The Kier molecular flexibility index (Phi) is 7.88. The van der Waals surface area contributed by atoms with Gasteiger partial charge in [-0.1, -0.05) is 41.9 Å². The average molecular weight is 531 g/mol. The molecule has 0 spiro atoms. The number of hydrogen-bond acceptors (Lipinski definition) is 4. The van der Waals surface area contributed by atoms with Gasteiger partial charge in [-0.2, -0.15) is 4.31 Å². The lowest BCUT2D eigenvalue weighted by atomic mass is 10.2. The number of urea groups is 1. The predicted octanol–water partition coefficient (Wildman–Crippen LogP) is 3.70. The van der Waals surface area contributed by atoms with E-state index < -0.39 is 33.8 Å². The van der Waals surface area contributed by atoms with Gasteiger partial charge in [-0.3, -0.25) is 4.79 Å². The summed E-state index contributed by atoms with van der Waals surface area (Å²) in [6, 6.07) is 18.5. The van der Waals surface area contributed by atoms with Crippen molar-refractivity contribution in [3.63, 3.8) is 0 Å². The largest absolute Gasteiger partial charge is 0.351 e. The molecule has 1 atom stereocenters. The Morgan fingerprint density at radius 1 is 0.944 bits per heavy atom. The van der Waals surface area contributed by atoms with E-state index in [0.717, 1.165) is 9.87 Å². The highest BCUT2D eigenvalue weighted by molar-refractivity contribution is 7.89. The number of hydrogen-bond donors (Lipinski definition) is 2. The van der Waals surface area contributed by atoms with Gasteiger partial charge in [0.25, 0.3) is 0 Å². The number of carbonyl (C=O) groups excluding carboxylic acids is 2. The number of rotatable bonds is 6. The lowest BCUT2D eigenvalue weighted by Gasteiger charge is -2.39. The van der Waals surface area contributed by atoms with Gasteiger partial charge in [-0.25, -0.2) is 17.6 Å². The fourth-order valence-corrected chi connectivity index (χ4v) is 5.53. The smallest absolute Gasteiger partial charge is 0.321 e. The quantitative estimate of drug-likeness (QED) is 0.507. The number of piperazine rings is 1. The summed E-state index contributed by atoms with van der Waals surface area (Å²) >= 11 is 5.91. The van der Waals surface area contributed by atoms with Gasteiger partial charge >= 0.3 is 6.03 Å². The minimum atomic E-state index is -4.05. The number of halogens is 2. The van der Waals surface area contributed by atoms with Crippen molar-refractivity contribution in [2.45, 2.75) is 17.5 Å². The molecule has 36 heavy (non-hydrogen) atoms. The summed E-state index contributed by atoms with van der Waals surface area (Å²) in [6.45, 7) is 0.000781. The first-order chi connectivity index (χ1) is 17.2. The van der Waals surface area contributed by atoms with Crippen LogP contribution in [0.1, 0.15) is 5.56 Å². The molecule has 8 nitrogen and oxygen atoms in total.